The van der Waals surface area contributed by atoms with Crippen LogP contribution >= 0.6 is 15.9 Å². The number of para-hydroxylation sites is 1. The molecule has 0 atom stereocenters. The number of hydrogen-bond acceptors (Lipinski definition) is 3. The second kappa shape index (κ2) is 8.15. The van der Waals surface area contributed by atoms with Gasteiger partial charge in [-0.2, -0.15) is 0 Å². The van der Waals surface area contributed by atoms with Crippen molar-refractivity contribution in [3.63, 3.8) is 0 Å². The van der Waals surface area contributed by atoms with Gasteiger partial charge in [0, 0.05) is 10.5 Å². The summed E-state index contributed by atoms with van der Waals surface area (Å²) in [5.41, 5.74) is 1.63. The third-order valence-corrected chi connectivity index (χ3v) is 4.79. The number of nitrogens with zero attached hydrogens (tertiary/aromatic N) is 1. The Bertz CT molecular complexity index is 684. The lowest BCUT2D eigenvalue weighted by atomic mass is 9.96. The predicted molar refractivity (Wildman–Crippen MR) is 101 cm³/mol. The average molecular weight is 389 g/mol. The first-order valence-electron chi connectivity index (χ1n) is 8.26. The minimum absolute atomic E-state index is 0.157. The quantitative estimate of drug-likeness (QED) is 0.686. The standard InChI is InChI=1S/C18H21BrN4O/c19-15-8-4-5-9-16(15)23-17-11-10-14(12-20-17)22-18(24)21-13-6-2-1-3-7-13/h4-5,8-13H,1-3,6-7H2,(H,20,23)(H2,21,22,24). The number of carbonyl (C=O) groups excluding carboxylic acids is 1. The normalized spacial score (nSPS) is 14.9. The molecule has 6 heteroatoms. The Kier molecular flexibility index (Phi) is 5.69. The Morgan fingerprint density at radius 1 is 1.08 bits per heavy atom. The van der Waals surface area contributed by atoms with E-state index >= 15 is 0 Å². The van der Waals surface area contributed by atoms with Gasteiger partial charge in [0.05, 0.1) is 17.6 Å². The number of pyridine rings is 1. The van der Waals surface area contributed by atoms with Crippen LogP contribution in [0.25, 0.3) is 0 Å². The van der Waals surface area contributed by atoms with Gasteiger partial charge in [-0.25, -0.2) is 9.78 Å². The van der Waals surface area contributed by atoms with E-state index in [4.69, 9.17) is 0 Å². The summed E-state index contributed by atoms with van der Waals surface area (Å²) in [6.45, 7) is 0. The van der Waals surface area contributed by atoms with Gasteiger partial charge in [-0.3, -0.25) is 0 Å². The Morgan fingerprint density at radius 2 is 1.88 bits per heavy atom. The van der Waals surface area contributed by atoms with E-state index < -0.39 is 0 Å². The summed E-state index contributed by atoms with van der Waals surface area (Å²) in [5, 5.41) is 9.10. The summed E-state index contributed by atoms with van der Waals surface area (Å²) in [6.07, 6.45) is 7.46. The van der Waals surface area contributed by atoms with Gasteiger partial charge in [-0.1, -0.05) is 31.4 Å². The maximum absolute atomic E-state index is 12.0. The average Bonchev–Trinajstić information content (AvgIpc) is 2.59. The van der Waals surface area contributed by atoms with Crippen molar-refractivity contribution in [3.8, 4) is 0 Å². The molecule has 1 aliphatic carbocycles. The Balaban J connectivity index is 1.54. The molecule has 5 nitrogen and oxygen atoms in total. The highest BCUT2D eigenvalue weighted by Gasteiger charge is 2.15. The monoisotopic (exact) mass is 388 g/mol. The molecule has 1 heterocycles. The number of carbonyl (C=O) groups is 1. The van der Waals surface area contributed by atoms with Crippen LogP contribution in [0.1, 0.15) is 32.1 Å². The number of urea groups is 1. The summed E-state index contributed by atoms with van der Waals surface area (Å²) < 4.78 is 0.973. The third-order valence-electron chi connectivity index (χ3n) is 4.10. The zero-order valence-electron chi connectivity index (χ0n) is 13.4. The molecular weight excluding hydrogens is 368 g/mol. The molecule has 0 bridgehead atoms. The molecule has 0 radical (unpaired) electrons. The van der Waals surface area contributed by atoms with Gasteiger partial charge in [0.15, 0.2) is 0 Å². The maximum Gasteiger partial charge on any atom is 0.319 e. The molecule has 1 aromatic carbocycles. The summed E-state index contributed by atoms with van der Waals surface area (Å²) in [4.78, 5) is 16.4. The first kappa shape index (κ1) is 16.8. The van der Waals surface area contributed by atoms with E-state index in [1.807, 2.05) is 36.4 Å². The molecule has 3 rings (SSSR count). The molecule has 1 aromatic heterocycles. The zero-order valence-corrected chi connectivity index (χ0v) is 15.0. The molecule has 2 aromatic rings. The van der Waals surface area contributed by atoms with Crippen LogP contribution < -0.4 is 16.0 Å². The van der Waals surface area contributed by atoms with Crippen molar-refractivity contribution in [2.45, 2.75) is 38.1 Å². The molecule has 3 N–H and O–H groups in total. The van der Waals surface area contributed by atoms with Gasteiger partial charge in [0.1, 0.15) is 5.82 Å². The van der Waals surface area contributed by atoms with Crippen LogP contribution in [0, 0.1) is 0 Å². The maximum atomic E-state index is 12.0. The fraction of sp³-hybridized carbons (Fsp3) is 0.333. The molecule has 126 valence electrons. The largest absolute Gasteiger partial charge is 0.339 e. The van der Waals surface area contributed by atoms with E-state index in [1.165, 1.54) is 19.3 Å². The van der Waals surface area contributed by atoms with Crippen molar-refractivity contribution >= 4 is 39.2 Å². The smallest absolute Gasteiger partial charge is 0.319 e. The summed E-state index contributed by atoms with van der Waals surface area (Å²) in [6, 6.07) is 11.7. The fourth-order valence-corrected chi connectivity index (χ4v) is 3.23. The Hall–Kier alpha value is -2.08. The number of hydrogen-bond donors (Lipinski definition) is 3. The minimum Gasteiger partial charge on any atom is -0.339 e. The highest BCUT2D eigenvalue weighted by atomic mass is 79.9. The van der Waals surface area contributed by atoms with Crippen LogP contribution in [-0.4, -0.2) is 17.1 Å². The van der Waals surface area contributed by atoms with Crippen LogP contribution in [0.15, 0.2) is 47.1 Å². The summed E-state index contributed by atoms with van der Waals surface area (Å²) in [7, 11) is 0. The highest BCUT2D eigenvalue weighted by molar-refractivity contribution is 9.10. The molecule has 1 aliphatic rings. The van der Waals surface area contributed by atoms with E-state index in [1.54, 1.807) is 6.20 Å². The number of rotatable bonds is 4. The van der Waals surface area contributed by atoms with Crippen molar-refractivity contribution in [2.24, 2.45) is 0 Å². The molecule has 1 saturated carbocycles. The molecule has 2 amide bonds. The van der Waals surface area contributed by atoms with Crippen LogP contribution in [0.2, 0.25) is 0 Å². The lowest BCUT2D eigenvalue weighted by molar-refractivity contribution is 0.244. The van der Waals surface area contributed by atoms with Crippen molar-refractivity contribution in [1.29, 1.82) is 0 Å². The number of amides is 2. The van der Waals surface area contributed by atoms with Crippen molar-refractivity contribution in [3.05, 3.63) is 47.1 Å². The zero-order chi connectivity index (χ0) is 16.8. The van der Waals surface area contributed by atoms with Gasteiger partial charge < -0.3 is 16.0 Å². The lowest BCUT2D eigenvalue weighted by Crippen LogP contribution is -2.39. The van der Waals surface area contributed by atoms with E-state index in [0.29, 0.717) is 11.7 Å². The third kappa shape index (κ3) is 4.71. The summed E-state index contributed by atoms with van der Waals surface area (Å²) in [5.74, 6) is 0.722. The molecule has 0 unspecified atom stereocenters. The first-order chi connectivity index (χ1) is 11.7. The number of aromatic nitrogens is 1. The number of halogens is 1. The van der Waals surface area contributed by atoms with E-state index in [-0.39, 0.29) is 6.03 Å². The number of anilines is 3. The van der Waals surface area contributed by atoms with Gasteiger partial charge in [-0.05, 0) is 53.0 Å². The first-order valence-corrected chi connectivity index (χ1v) is 9.05. The van der Waals surface area contributed by atoms with Crippen LogP contribution in [0.3, 0.4) is 0 Å². The molecule has 1 fully saturated rings. The highest BCUT2D eigenvalue weighted by Crippen LogP contribution is 2.24. The Labute approximate surface area is 150 Å². The minimum atomic E-state index is -0.157. The van der Waals surface area contributed by atoms with Crippen molar-refractivity contribution in [2.75, 3.05) is 10.6 Å². The van der Waals surface area contributed by atoms with Crippen molar-refractivity contribution in [1.82, 2.24) is 10.3 Å². The molecule has 0 spiro atoms. The molecular formula is C18H21BrN4O. The van der Waals surface area contributed by atoms with Crippen LogP contribution in [0.4, 0.5) is 22.0 Å². The fourth-order valence-electron chi connectivity index (χ4n) is 2.84. The van der Waals surface area contributed by atoms with Gasteiger partial charge in [0.25, 0.3) is 0 Å². The number of benzene rings is 1. The second-order valence-corrected chi connectivity index (χ2v) is 6.82. The van der Waals surface area contributed by atoms with Crippen LogP contribution in [-0.2, 0) is 0 Å². The van der Waals surface area contributed by atoms with E-state index in [0.717, 1.165) is 28.8 Å². The van der Waals surface area contributed by atoms with Gasteiger partial charge in [-0.15, -0.1) is 0 Å². The number of nitrogens with one attached hydrogen (secondary N) is 3. The molecule has 24 heavy (non-hydrogen) atoms. The van der Waals surface area contributed by atoms with E-state index in [9.17, 15) is 4.79 Å². The van der Waals surface area contributed by atoms with E-state index in [2.05, 4.69) is 36.9 Å². The molecule has 0 aliphatic heterocycles. The SMILES string of the molecule is O=C(Nc1ccc(Nc2ccccc2Br)nc1)NC1CCCCC1. The Morgan fingerprint density at radius 3 is 2.58 bits per heavy atom. The topological polar surface area (TPSA) is 66.0 Å². The lowest BCUT2D eigenvalue weighted by Gasteiger charge is -2.22. The predicted octanol–water partition coefficient (Wildman–Crippen LogP) is 5.04. The van der Waals surface area contributed by atoms with Crippen LogP contribution in [0.5, 0.6) is 0 Å². The van der Waals surface area contributed by atoms with Gasteiger partial charge in [0.2, 0.25) is 0 Å². The second-order valence-electron chi connectivity index (χ2n) is 5.97. The molecule has 0 saturated heterocycles. The van der Waals surface area contributed by atoms with Crippen molar-refractivity contribution < 1.29 is 4.79 Å². The van der Waals surface area contributed by atoms with Gasteiger partial charge >= 0.3 is 6.03 Å². The summed E-state index contributed by atoms with van der Waals surface area (Å²) >= 11 is 3.49.